The van der Waals surface area contributed by atoms with Crippen LogP contribution in [0.1, 0.15) is 46.8 Å². The molecule has 2 aromatic carbocycles. The summed E-state index contributed by atoms with van der Waals surface area (Å²) in [7, 11) is 0. The van der Waals surface area contributed by atoms with Gasteiger partial charge >= 0.3 is 0 Å². The van der Waals surface area contributed by atoms with E-state index in [0.717, 1.165) is 16.5 Å². The zero-order valence-electron chi connectivity index (χ0n) is 13.1. The fraction of sp³-hybridized carbons (Fsp3) is 0.250. The van der Waals surface area contributed by atoms with E-state index < -0.39 is 0 Å². The normalized spacial score (nSPS) is 20.8. The minimum absolute atomic E-state index is 0.165. The zero-order valence-corrected chi connectivity index (χ0v) is 16.3. The minimum Gasteiger partial charge on any atom is -0.294 e. The number of benzene rings is 2. The molecule has 0 saturated heterocycles. The standard InChI is InChI=1S/C10H9BrO.C10H9Br/c1-6-5-8-7(10(6)12)3-2-4-9(8)11;1-7-5-6-8-3-2-4-9(11)10(7)8/h2-4,6H,5H2,1H3;2-7H,1H3. The highest BCUT2D eigenvalue weighted by molar-refractivity contribution is 9.10. The summed E-state index contributed by atoms with van der Waals surface area (Å²) in [6.07, 6.45) is 5.30. The summed E-state index contributed by atoms with van der Waals surface area (Å²) >= 11 is 7.00. The van der Waals surface area contributed by atoms with Gasteiger partial charge in [-0.2, -0.15) is 0 Å². The Morgan fingerprint density at radius 1 is 1.00 bits per heavy atom. The predicted octanol–water partition coefficient (Wildman–Crippen LogP) is 6.40. The highest BCUT2D eigenvalue weighted by Gasteiger charge is 2.27. The van der Waals surface area contributed by atoms with Gasteiger partial charge in [-0.05, 0) is 35.2 Å². The Morgan fingerprint density at radius 2 is 1.70 bits per heavy atom. The SMILES string of the molecule is CC1C=Cc2cccc(Br)c21.CC1Cc2c(Br)cccc2C1=O. The maximum Gasteiger partial charge on any atom is 0.166 e. The lowest BCUT2D eigenvalue weighted by molar-refractivity contribution is 0.0946. The van der Waals surface area contributed by atoms with Crippen molar-refractivity contribution in [1.29, 1.82) is 0 Å². The number of Topliss-reactive ketones (excluding diaryl/α,β-unsaturated/α-hetero) is 1. The number of hydrogen-bond acceptors (Lipinski definition) is 1. The van der Waals surface area contributed by atoms with Gasteiger partial charge in [0.2, 0.25) is 0 Å². The topological polar surface area (TPSA) is 17.1 Å². The number of carbonyl (C=O) groups excluding carboxylic acids is 1. The number of rotatable bonds is 0. The smallest absolute Gasteiger partial charge is 0.166 e. The maximum absolute atomic E-state index is 11.5. The average Bonchev–Trinajstić information content (AvgIpc) is 3.04. The summed E-state index contributed by atoms with van der Waals surface area (Å²) in [5.41, 5.74) is 4.85. The van der Waals surface area contributed by atoms with E-state index in [9.17, 15) is 4.79 Å². The molecular weight excluding hydrogens is 416 g/mol. The Bertz CT molecular complexity index is 792. The molecule has 2 aromatic rings. The van der Waals surface area contributed by atoms with Gasteiger partial charge in [-0.25, -0.2) is 0 Å². The lowest BCUT2D eigenvalue weighted by atomic mass is 10.0. The van der Waals surface area contributed by atoms with E-state index in [1.165, 1.54) is 21.2 Å². The molecule has 0 amide bonds. The van der Waals surface area contributed by atoms with Crippen molar-refractivity contribution >= 4 is 43.7 Å². The second-order valence-corrected chi connectivity index (χ2v) is 7.83. The molecule has 3 heteroatoms. The van der Waals surface area contributed by atoms with Crippen molar-refractivity contribution in [3.8, 4) is 0 Å². The first kappa shape index (κ1) is 16.7. The first-order valence-electron chi connectivity index (χ1n) is 7.77. The van der Waals surface area contributed by atoms with Crippen molar-refractivity contribution in [3.05, 3.63) is 73.7 Å². The molecule has 118 valence electrons. The van der Waals surface area contributed by atoms with Crippen molar-refractivity contribution in [3.63, 3.8) is 0 Å². The molecule has 0 radical (unpaired) electrons. The van der Waals surface area contributed by atoms with Crippen molar-refractivity contribution in [2.24, 2.45) is 5.92 Å². The largest absolute Gasteiger partial charge is 0.294 e. The molecule has 0 bridgehead atoms. The van der Waals surface area contributed by atoms with E-state index in [4.69, 9.17) is 0 Å². The number of fused-ring (bicyclic) bond motifs is 2. The number of halogens is 2. The molecule has 0 N–H and O–H groups in total. The fourth-order valence-corrected chi connectivity index (χ4v) is 4.46. The molecule has 2 aliphatic rings. The van der Waals surface area contributed by atoms with E-state index in [-0.39, 0.29) is 11.7 Å². The molecule has 0 fully saturated rings. The van der Waals surface area contributed by atoms with Crippen LogP contribution in [0.4, 0.5) is 0 Å². The predicted molar refractivity (Wildman–Crippen MR) is 103 cm³/mol. The van der Waals surface area contributed by atoms with Gasteiger partial charge in [0.15, 0.2) is 5.78 Å². The van der Waals surface area contributed by atoms with Gasteiger partial charge in [-0.1, -0.05) is 82.1 Å². The zero-order chi connectivity index (χ0) is 16.6. The number of ketones is 1. The van der Waals surface area contributed by atoms with Crippen molar-refractivity contribution in [2.45, 2.75) is 26.2 Å². The molecule has 2 unspecified atom stereocenters. The molecule has 1 nitrogen and oxygen atoms in total. The summed E-state index contributed by atoms with van der Waals surface area (Å²) in [5, 5.41) is 0. The molecule has 2 atom stereocenters. The molecule has 0 aliphatic heterocycles. The second kappa shape index (κ2) is 6.74. The van der Waals surface area contributed by atoms with Crippen LogP contribution in [-0.2, 0) is 6.42 Å². The first-order chi connectivity index (χ1) is 11.0. The van der Waals surface area contributed by atoms with E-state index in [1.807, 2.05) is 25.1 Å². The van der Waals surface area contributed by atoms with Crippen LogP contribution in [0.5, 0.6) is 0 Å². The second-order valence-electron chi connectivity index (χ2n) is 6.13. The van der Waals surface area contributed by atoms with Gasteiger partial charge in [0.05, 0.1) is 0 Å². The summed E-state index contributed by atoms with van der Waals surface area (Å²) < 4.78 is 2.30. The van der Waals surface area contributed by atoms with Crippen molar-refractivity contribution < 1.29 is 4.79 Å². The summed E-state index contributed by atoms with van der Waals surface area (Å²) in [4.78, 5) is 11.5. The van der Waals surface area contributed by atoms with Crippen molar-refractivity contribution in [1.82, 2.24) is 0 Å². The Balaban J connectivity index is 0.000000136. The Morgan fingerprint density at radius 3 is 2.39 bits per heavy atom. The molecule has 0 saturated carbocycles. The third-order valence-electron chi connectivity index (χ3n) is 4.45. The number of allylic oxidation sites excluding steroid dienone is 1. The van der Waals surface area contributed by atoms with Gasteiger partial charge in [0, 0.05) is 26.3 Å². The third-order valence-corrected chi connectivity index (χ3v) is 5.88. The van der Waals surface area contributed by atoms with E-state index in [1.54, 1.807) is 0 Å². The fourth-order valence-electron chi connectivity index (χ4n) is 3.18. The Hall–Kier alpha value is -1.19. The Kier molecular flexibility index (Phi) is 4.88. The van der Waals surface area contributed by atoms with Crippen LogP contribution in [0.2, 0.25) is 0 Å². The summed E-state index contributed by atoms with van der Waals surface area (Å²) in [6.45, 7) is 4.20. The third kappa shape index (κ3) is 3.22. The Labute approximate surface area is 154 Å². The molecule has 0 aromatic heterocycles. The highest BCUT2D eigenvalue weighted by atomic mass is 79.9. The van der Waals surface area contributed by atoms with Crippen LogP contribution in [0.25, 0.3) is 6.08 Å². The summed E-state index contributed by atoms with van der Waals surface area (Å²) in [5.74, 6) is 1.02. The molecule has 0 heterocycles. The highest BCUT2D eigenvalue weighted by Crippen LogP contribution is 2.35. The van der Waals surface area contributed by atoms with Gasteiger partial charge in [0.25, 0.3) is 0 Å². The molecule has 23 heavy (non-hydrogen) atoms. The first-order valence-corrected chi connectivity index (χ1v) is 9.36. The van der Waals surface area contributed by atoms with Gasteiger partial charge in [0.1, 0.15) is 0 Å². The van der Waals surface area contributed by atoms with Crippen LogP contribution in [0, 0.1) is 5.92 Å². The van der Waals surface area contributed by atoms with Crippen LogP contribution in [-0.4, -0.2) is 5.78 Å². The van der Waals surface area contributed by atoms with E-state index >= 15 is 0 Å². The lowest BCUT2D eigenvalue weighted by Gasteiger charge is -2.06. The minimum atomic E-state index is 0.165. The monoisotopic (exact) mass is 432 g/mol. The lowest BCUT2D eigenvalue weighted by Crippen LogP contribution is -2.02. The molecule has 2 aliphatic carbocycles. The van der Waals surface area contributed by atoms with Crippen LogP contribution >= 0.6 is 31.9 Å². The molecule has 0 spiro atoms. The molecule has 4 rings (SSSR count). The maximum atomic E-state index is 11.5. The van der Waals surface area contributed by atoms with E-state index in [0.29, 0.717) is 5.92 Å². The molecular formula is C20H18Br2O. The van der Waals surface area contributed by atoms with Crippen LogP contribution < -0.4 is 0 Å². The van der Waals surface area contributed by atoms with Crippen molar-refractivity contribution in [2.75, 3.05) is 0 Å². The van der Waals surface area contributed by atoms with E-state index in [2.05, 4.69) is 69.1 Å². The average molecular weight is 434 g/mol. The summed E-state index contributed by atoms with van der Waals surface area (Å²) in [6, 6.07) is 12.1. The van der Waals surface area contributed by atoms with Gasteiger partial charge in [-0.3, -0.25) is 4.79 Å². The van der Waals surface area contributed by atoms with Crippen LogP contribution in [0.3, 0.4) is 0 Å². The van der Waals surface area contributed by atoms with Gasteiger partial charge in [-0.15, -0.1) is 0 Å². The van der Waals surface area contributed by atoms with Gasteiger partial charge < -0.3 is 0 Å². The number of hydrogen-bond donors (Lipinski definition) is 0. The van der Waals surface area contributed by atoms with Crippen LogP contribution in [0.15, 0.2) is 51.4 Å². The quantitative estimate of drug-likeness (QED) is 0.469. The number of carbonyl (C=O) groups is 1.